The number of hydrogen-bond acceptors (Lipinski definition) is 3. The van der Waals surface area contributed by atoms with Gasteiger partial charge in [0.1, 0.15) is 0 Å². The Kier molecular flexibility index (Phi) is 4.70. The van der Waals surface area contributed by atoms with E-state index in [9.17, 15) is 0 Å². The van der Waals surface area contributed by atoms with Crippen molar-refractivity contribution in [3.8, 4) is 0 Å². The number of rotatable bonds is 4. The molecule has 1 fully saturated rings. The third kappa shape index (κ3) is 3.63. The molecular formula is C10H22N2O. The molecule has 0 aliphatic carbocycles. The van der Waals surface area contributed by atoms with Gasteiger partial charge in [-0.1, -0.05) is 13.8 Å². The summed E-state index contributed by atoms with van der Waals surface area (Å²) in [5, 5.41) is 6.83. The van der Waals surface area contributed by atoms with Gasteiger partial charge < -0.3 is 15.4 Å². The zero-order valence-corrected chi connectivity index (χ0v) is 8.97. The predicted molar refractivity (Wildman–Crippen MR) is 54.9 cm³/mol. The zero-order valence-electron chi connectivity index (χ0n) is 8.97. The average Bonchev–Trinajstić information content (AvgIpc) is 2.15. The minimum atomic E-state index is 0.536. The molecule has 0 saturated carbocycles. The van der Waals surface area contributed by atoms with E-state index in [0.717, 1.165) is 26.2 Å². The lowest BCUT2D eigenvalue weighted by molar-refractivity contribution is 0.0689. The van der Waals surface area contributed by atoms with Crippen molar-refractivity contribution in [2.24, 2.45) is 5.92 Å². The van der Waals surface area contributed by atoms with Crippen molar-refractivity contribution in [3.63, 3.8) is 0 Å². The van der Waals surface area contributed by atoms with Crippen LogP contribution in [-0.2, 0) is 4.74 Å². The van der Waals surface area contributed by atoms with Gasteiger partial charge in [-0.25, -0.2) is 0 Å². The van der Waals surface area contributed by atoms with E-state index in [1.165, 1.54) is 0 Å². The largest absolute Gasteiger partial charge is 0.379 e. The Hall–Kier alpha value is -0.120. The molecule has 3 heteroatoms. The lowest BCUT2D eigenvalue weighted by atomic mass is 9.97. The summed E-state index contributed by atoms with van der Waals surface area (Å²) in [7, 11) is 2.04. The number of hydrogen-bond donors (Lipinski definition) is 2. The molecule has 0 amide bonds. The lowest BCUT2D eigenvalue weighted by Crippen LogP contribution is -2.46. The maximum Gasteiger partial charge on any atom is 0.0620 e. The van der Waals surface area contributed by atoms with E-state index in [1.807, 2.05) is 7.05 Å². The standard InChI is InChI=1S/C10H22N2O/c1-8(2)10(11-3)6-9-7-13-5-4-12-9/h8-12H,4-7H2,1-3H3. The van der Waals surface area contributed by atoms with Gasteiger partial charge >= 0.3 is 0 Å². The molecule has 2 unspecified atom stereocenters. The van der Waals surface area contributed by atoms with Crippen LogP contribution in [0.1, 0.15) is 20.3 Å². The molecule has 2 atom stereocenters. The van der Waals surface area contributed by atoms with E-state index < -0.39 is 0 Å². The maximum atomic E-state index is 5.42. The molecule has 1 aliphatic heterocycles. The quantitative estimate of drug-likeness (QED) is 0.675. The average molecular weight is 186 g/mol. The fourth-order valence-electron chi connectivity index (χ4n) is 1.80. The molecule has 13 heavy (non-hydrogen) atoms. The summed E-state index contributed by atoms with van der Waals surface area (Å²) in [6, 6.07) is 1.13. The summed E-state index contributed by atoms with van der Waals surface area (Å²) >= 11 is 0. The highest BCUT2D eigenvalue weighted by molar-refractivity contribution is 4.79. The first-order valence-electron chi connectivity index (χ1n) is 5.22. The zero-order chi connectivity index (χ0) is 9.68. The van der Waals surface area contributed by atoms with E-state index >= 15 is 0 Å². The van der Waals surface area contributed by atoms with E-state index in [4.69, 9.17) is 4.74 Å². The smallest absolute Gasteiger partial charge is 0.0620 e. The molecule has 3 nitrogen and oxygen atoms in total. The van der Waals surface area contributed by atoms with Crippen LogP contribution in [0.3, 0.4) is 0 Å². The van der Waals surface area contributed by atoms with E-state index in [1.54, 1.807) is 0 Å². The molecule has 1 saturated heterocycles. The highest BCUT2D eigenvalue weighted by atomic mass is 16.5. The summed E-state index contributed by atoms with van der Waals surface area (Å²) in [5.74, 6) is 0.689. The van der Waals surface area contributed by atoms with E-state index in [2.05, 4.69) is 24.5 Å². The van der Waals surface area contributed by atoms with Crippen LogP contribution in [0, 0.1) is 5.92 Å². The van der Waals surface area contributed by atoms with Crippen LogP contribution in [0.15, 0.2) is 0 Å². The van der Waals surface area contributed by atoms with Crippen molar-refractivity contribution < 1.29 is 4.74 Å². The molecule has 1 heterocycles. The van der Waals surface area contributed by atoms with Crippen LogP contribution in [-0.4, -0.2) is 38.9 Å². The van der Waals surface area contributed by atoms with Crippen molar-refractivity contribution in [1.82, 2.24) is 10.6 Å². The Bertz CT molecular complexity index is 133. The third-order valence-corrected chi connectivity index (χ3v) is 2.71. The van der Waals surface area contributed by atoms with Gasteiger partial charge in [-0.3, -0.25) is 0 Å². The van der Waals surface area contributed by atoms with Crippen LogP contribution in [0.25, 0.3) is 0 Å². The van der Waals surface area contributed by atoms with Gasteiger partial charge in [-0.2, -0.15) is 0 Å². The highest BCUT2D eigenvalue weighted by Gasteiger charge is 2.19. The van der Waals surface area contributed by atoms with E-state index in [0.29, 0.717) is 18.0 Å². The van der Waals surface area contributed by atoms with Crippen LogP contribution in [0.5, 0.6) is 0 Å². The summed E-state index contributed by atoms with van der Waals surface area (Å²) in [5.41, 5.74) is 0. The first-order valence-corrected chi connectivity index (χ1v) is 5.22. The van der Waals surface area contributed by atoms with Gasteiger partial charge in [0.2, 0.25) is 0 Å². The molecule has 0 aromatic carbocycles. The van der Waals surface area contributed by atoms with Gasteiger partial charge in [0.05, 0.1) is 13.2 Å². The fourth-order valence-corrected chi connectivity index (χ4v) is 1.80. The SMILES string of the molecule is CNC(CC1COCCN1)C(C)C. The molecule has 1 aliphatic rings. The first-order chi connectivity index (χ1) is 6.24. The Balaban J connectivity index is 2.27. The van der Waals surface area contributed by atoms with Gasteiger partial charge in [0, 0.05) is 18.6 Å². The Morgan fingerprint density at radius 1 is 1.54 bits per heavy atom. The van der Waals surface area contributed by atoms with Crippen molar-refractivity contribution in [3.05, 3.63) is 0 Å². The first kappa shape index (κ1) is 11.0. The lowest BCUT2D eigenvalue weighted by Gasteiger charge is -2.29. The van der Waals surface area contributed by atoms with E-state index in [-0.39, 0.29) is 0 Å². The summed E-state index contributed by atoms with van der Waals surface area (Å²) in [4.78, 5) is 0. The molecular weight excluding hydrogens is 164 g/mol. The van der Waals surface area contributed by atoms with Crippen molar-refractivity contribution in [2.45, 2.75) is 32.4 Å². The molecule has 78 valence electrons. The topological polar surface area (TPSA) is 33.3 Å². The third-order valence-electron chi connectivity index (χ3n) is 2.71. The molecule has 0 spiro atoms. The number of nitrogens with one attached hydrogen (secondary N) is 2. The molecule has 2 N–H and O–H groups in total. The summed E-state index contributed by atoms with van der Waals surface area (Å²) in [6.45, 7) is 7.24. The van der Waals surface area contributed by atoms with Crippen molar-refractivity contribution in [2.75, 3.05) is 26.8 Å². The van der Waals surface area contributed by atoms with Gasteiger partial charge in [-0.05, 0) is 19.4 Å². The van der Waals surface area contributed by atoms with Crippen LogP contribution in [0.2, 0.25) is 0 Å². The van der Waals surface area contributed by atoms with Crippen molar-refractivity contribution >= 4 is 0 Å². The van der Waals surface area contributed by atoms with Crippen molar-refractivity contribution in [1.29, 1.82) is 0 Å². The van der Waals surface area contributed by atoms with Gasteiger partial charge in [0.25, 0.3) is 0 Å². The molecule has 0 radical (unpaired) electrons. The number of ether oxygens (including phenoxy) is 1. The monoisotopic (exact) mass is 186 g/mol. The summed E-state index contributed by atoms with van der Waals surface area (Å²) < 4.78 is 5.42. The minimum Gasteiger partial charge on any atom is -0.379 e. The summed E-state index contributed by atoms with van der Waals surface area (Å²) in [6.07, 6.45) is 1.16. The predicted octanol–water partition coefficient (Wildman–Crippen LogP) is 0.609. The minimum absolute atomic E-state index is 0.536. The highest BCUT2D eigenvalue weighted by Crippen LogP contribution is 2.09. The second kappa shape index (κ2) is 5.58. The molecule has 1 rings (SSSR count). The molecule has 0 aromatic heterocycles. The normalized spacial score (nSPS) is 26.3. The second-order valence-corrected chi connectivity index (χ2v) is 4.10. The Morgan fingerprint density at radius 2 is 2.31 bits per heavy atom. The molecule has 0 aromatic rings. The number of morpholine rings is 1. The molecule has 0 bridgehead atoms. The maximum absolute atomic E-state index is 5.42. The van der Waals surface area contributed by atoms with Crippen LogP contribution >= 0.6 is 0 Å². The van der Waals surface area contributed by atoms with Crippen LogP contribution in [0.4, 0.5) is 0 Å². The fraction of sp³-hybridized carbons (Fsp3) is 1.00. The van der Waals surface area contributed by atoms with Gasteiger partial charge in [0.15, 0.2) is 0 Å². The Morgan fingerprint density at radius 3 is 2.77 bits per heavy atom. The van der Waals surface area contributed by atoms with Gasteiger partial charge in [-0.15, -0.1) is 0 Å². The Labute approximate surface area is 81.2 Å². The van der Waals surface area contributed by atoms with Crippen LogP contribution < -0.4 is 10.6 Å². The second-order valence-electron chi connectivity index (χ2n) is 4.10.